The molecule has 0 amide bonds. The number of β-amino-alcohol motifs (C(OH)–C–C–N with tert-alkyl or cyclic N) is 1. The van der Waals surface area contributed by atoms with Gasteiger partial charge in [0.25, 0.3) is 0 Å². The number of nitrogens with one attached hydrogen (secondary N) is 1. The van der Waals surface area contributed by atoms with Gasteiger partial charge in [-0.25, -0.2) is 0 Å². The number of aliphatic hydroxyl groups is 1. The van der Waals surface area contributed by atoms with Crippen molar-refractivity contribution in [1.29, 1.82) is 5.26 Å². The summed E-state index contributed by atoms with van der Waals surface area (Å²) < 4.78 is 0. The molecular formula is C11H14N2OS. The number of hydrogen-bond donors (Lipinski definition) is 2. The first-order chi connectivity index (χ1) is 7.22. The molecule has 0 radical (unpaired) electrons. The third-order valence-corrected chi connectivity index (χ3v) is 3.67. The van der Waals surface area contributed by atoms with E-state index in [1.165, 1.54) is 0 Å². The molecule has 1 fully saturated rings. The molecule has 3 nitrogen and oxygen atoms in total. The van der Waals surface area contributed by atoms with E-state index >= 15 is 0 Å². The van der Waals surface area contributed by atoms with E-state index in [1.54, 1.807) is 11.3 Å². The van der Waals surface area contributed by atoms with Gasteiger partial charge in [-0.3, -0.25) is 0 Å². The molecule has 1 atom stereocenters. The van der Waals surface area contributed by atoms with E-state index in [1.807, 2.05) is 11.4 Å². The van der Waals surface area contributed by atoms with Crippen molar-refractivity contribution in [1.82, 2.24) is 5.32 Å². The average molecular weight is 222 g/mol. The Bertz CT molecular complexity index is 374. The molecule has 0 bridgehead atoms. The topological polar surface area (TPSA) is 56.0 Å². The summed E-state index contributed by atoms with van der Waals surface area (Å²) in [4.78, 5) is 1.10. The van der Waals surface area contributed by atoms with E-state index in [2.05, 4.69) is 11.4 Å². The number of rotatable bonds is 2. The number of piperidine rings is 1. The average Bonchev–Trinajstić information content (AvgIpc) is 2.66. The molecule has 0 spiro atoms. The molecule has 0 aromatic carbocycles. The molecule has 2 heterocycles. The van der Waals surface area contributed by atoms with Crippen molar-refractivity contribution in [2.45, 2.75) is 24.9 Å². The summed E-state index contributed by atoms with van der Waals surface area (Å²) in [5.41, 5.74) is 0.0814. The second kappa shape index (κ2) is 4.31. The predicted octanol–water partition coefficient (Wildman–Crippen LogP) is 1.28. The third kappa shape index (κ3) is 2.57. The highest BCUT2D eigenvalue weighted by atomic mass is 32.1. The van der Waals surface area contributed by atoms with Crippen LogP contribution in [0, 0.1) is 11.3 Å². The van der Waals surface area contributed by atoms with E-state index in [-0.39, 0.29) is 0 Å². The van der Waals surface area contributed by atoms with Crippen LogP contribution < -0.4 is 5.32 Å². The van der Waals surface area contributed by atoms with Crippen LogP contribution in [0.2, 0.25) is 0 Å². The summed E-state index contributed by atoms with van der Waals surface area (Å²) in [5.74, 6) is 0. The maximum atomic E-state index is 10.3. The predicted molar refractivity (Wildman–Crippen MR) is 59.8 cm³/mol. The second-order valence-electron chi connectivity index (χ2n) is 4.09. The third-order valence-electron chi connectivity index (χ3n) is 2.74. The van der Waals surface area contributed by atoms with Crippen LogP contribution in [-0.2, 0) is 6.42 Å². The van der Waals surface area contributed by atoms with Gasteiger partial charge in [-0.2, -0.15) is 5.26 Å². The minimum atomic E-state index is -0.615. The van der Waals surface area contributed by atoms with E-state index in [4.69, 9.17) is 5.26 Å². The Morgan fingerprint density at radius 1 is 1.67 bits per heavy atom. The molecular weight excluding hydrogens is 208 g/mol. The van der Waals surface area contributed by atoms with Gasteiger partial charge in [0, 0.05) is 23.2 Å². The summed E-state index contributed by atoms with van der Waals surface area (Å²) in [6, 6.07) is 3.98. The smallest absolute Gasteiger partial charge is 0.100 e. The van der Waals surface area contributed by atoms with Crippen molar-refractivity contribution in [2.75, 3.05) is 13.1 Å². The lowest BCUT2D eigenvalue weighted by Gasteiger charge is -2.32. The summed E-state index contributed by atoms with van der Waals surface area (Å²) in [6.07, 6.45) is 2.53. The van der Waals surface area contributed by atoms with Crippen molar-refractivity contribution in [3.8, 4) is 6.07 Å². The lowest BCUT2D eigenvalue weighted by atomic mass is 9.90. The zero-order valence-electron chi connectivity index (χ0n) is 8.49. The first-order valence-corrected chi connectivity index (χ1v) is 6.00. The second-order valence-corrected chi connectivity index (χ2v) is 5.09. The van der Waals surface area contributed by atoms with Gasteiger partial charge in [0.05, 0.1) is 11.2 Å². The largest absolute Gasteiger partial charge is 0.388 e. The maximum Gasteiger partial charge on any atom is 0.100 e. The lowest BCUT2D eigenvalue weighted by Crippen LogP contribution is -2.46. The van der Waals surface area contributed by atoms with Gasteiger partial charge < -0.3 is 10.4 Å². The van der Waals surface area contributed by atoms with Crippen molar-refractivity contribution < 1.29 is 5.11 Å². The van der Waals surface area contributed by atoms with Crippen LogP contribution in [0.3, 0.4) is 0 Å². The molecule has 1 unspecified atom stereocenters. The maximum absolute atomic E-state index is 10.3. The molecule has 15 heavy (non-hydrogen) atoms. The van der Waals surface area contributed by atoms with Crippen molar-refractivity contribution in [3.63, 3.8) is 0 Å². The molecule has 1 saturated heterocycles. The van der Waals surface area contributed by atoms with Gasteiger partial charge in [0.1, 0.15) is 6.07 Å². The van der Waals surface area contributed by atoms with Gasteiger partial charge in [0.15, 0.2) is 0 Å². The molecule has 1 aliphatic rings. The fourth-order valence-corrected chi connectivity index (χ4v) is 2.91. The van der Waals surface area contributed by atoms with Crippen LogP contribution in [0.4, 0.5) is 0 Å². The number of nitriles is 1. The highest BCUT2D eigenvalue weighted by Gasteiger charge is 2.29. The van der Waals surface area contributed by atoms with Crippen molar-refractivity contribution >= 4 is 11.3 Å². The van der Waals surface area contributed by atoms with Crippen LogP contribution in [-0.4, -0.2) is 23.8 Å². The molecule has 80 valence electrons. The minimum Gasteiger partial charge on any atom is -0.388 e. The summed E-state index contributed by atoms with van der Waals surface area (Å²) >= 11 is 1.56. The number of hydrogen-bond acceptors (Lipinski definition) is 4. The van der Waals surface area contributed by atoms with Gasteiger partial charge in [-0.15, -0.1) is 11.3 Å². The highest BCUT2D eigenvalue weighted by molar-refractivity contribution is 7.10. The van der Waals surface area contributed by atoms with Crippen LogP contribution >= 0.6 is 11.3 Å². The van der Waals surface area contributed by atoms with Gasteiger partial charge in [-0.1, -0.05) is 0 Å². The van der Waals surface area contributed by atoms with Crippen molar-refractivity contribution in [3.05, 3.63) is 21.9 Å². The molecule has 0 aliphatic carbocycles. The Morgan fingerprint density at radius 3 is 3.13 bits per heavy atom. The molecule has 1 aliphatic heterocycles. The Kier molecular flexibility index (Phi) is 3.06. The first kappa shape index (κ1) is 10.6. The molecule has 1 aromatic rings. The standard InChI is InChI=1S/C11H14N2OS/c12-6-9-4-10(15-7-9)5-11(14)2-1-3-13-8-11/h4,7,13-14H,1-3,5,8H2. The number of thiophene rings is 1. The Labute approximate surface area is 93.4 Å². The number of nitrogens with zero attached hydrogens (tertiary/aromatic N) is 1. The Morgan fingerprint density at radius 2 is 2.53 bits per heavy atom. The van der Waals surface area contributed by atoms with Crippen molar-refractivity contribution in [2.24, 2.45) is 0 Å². The van der Waals surface area contributed by atoms with Crippen LogP contribution in [0.25, 0.3) is 0 Å². The zero-order chi connectivity index (χ0) is 10.7. The SMILES string of the molecule is N#Cc1csc(CC2(O)CCCNC2)c1. The monoisotopic (exact) mass is 222 g/mol. The Balaban J connectivity index is 2.04. The van der Waals surface area contributed by atoms with Crippen LogP contribution in [0.5, 0.6) is 0 Å². The highest BCUT2D eigenvalue weighted by Crippen LogP contribution is 2.25. The van der Waals surface area contributed by atoms with Gasteiger partial charge in [-0.05, 0) is 25.5 Å². The van der Waals surface area contributed by atoms with E-state index in [0.29, 0.717) is 18.5 Å². The molecule has 2 rings (SSSR count). The molecule has 2 N–H and O–H groups in total. The molecule has 0 saturated carbocycles. The van der Waals surface area contributed by atoms with Gasteiger partial charge >= 0.3 is 0 Å². The van der Waals surface area contributed by atoms with E-state index in [0.717, 1.165) is 24.3 Å². The normalized spacial score (nSPS) is 26.1. The molecule has 4 heteroatoms. The van der Waals surface area contributed by atoms with E-state index in [9.17, 15) is 5.11 Å². The molecule has 1 aromatic heterocycles. The van der Waals surface area contributed by atoms with Crippen LogP contribution in [0.15, 0.2) is 11.4 Å². The van der Waals surface area contributed by atoms with E-state index < -0.39 is 5.60 Å². The van der Waals surface area contributed by atoms with Crippen LogP contribution in [0.1, 0.15) is 23.3 Å². The summed E-state index contributed by atoms with van der Waals surface area (Å²) in [5, 5.41) is 24.0. The lowest BCUT2D eigenvalue weighted by molar-refractivity contribution is 0.0176. The zero-order valence-corrected chi connectivity index (χ0v) is 9.31. The Hall–Kier alpha value is -0.890. The fourth-order valence-electron chi connectivity index (χ4n) is 1.96. The first-order valence-electron chi connectivity index (χ1n) is 5.12. The summed E-state index contributed by atoms with van der Waals surface area (Å²) in [6.45, 7) is 1.66. The van der Waals surface area contributed by atoms with Gasteiger partial charge in [0.2, 0.25) is 0 Å². The quantitative estimate of drug-likeness (QED) is 0.792. The fraction of sp³-hybridized carbons (Fsp3) is 0.545. The summed E-state index contributed by atoms with van der Waals surface area (Å²) in [7, 11) is 0. The minimum absolute atomic E-state index is 0.615.